The molecule has 0 saturated heterocycles. The lowest BCUT2D eigenvalue weighted by Crippen LogP contribution is -2.35. The van der Waals surface area contributed by atoms with Gasteiger partial charge in [-0.15, -0.1) is 0 Å². The first-order valence-corrected chi connectivity index (χ1v) is 7.26. The molecule has 118 valence electrons. The van der Waals surface area contributed by atoms with Crippen LogP contribution in [0.25, 0.3) is 11.4 Å². The third-order valence-electron chi connectivity index (χ3n) is 3.14. The monoisotopic (exact) mass is 303 g/mol. The van der Waals surface area contributed by atoms with E-state index in [0.717, 1.165) is 5.56 Å². The Morgan fingerprint density at radius 2 is 2.00 bits per heavy atom. The maximum Gasteiger partial charge on any atom is 0.249 e. The number of nitrogens with two attached hydrogens (primary N) is 1. The lowest BCUT2D eigenvalue weighted by molar-refractivity contribution is -0.122. The van der Waals surface area contributed by atoms with Gasteiger partial charge in [0.2, 0.25) is 17.6 Å². The smallest absolute Gasteiger partial charge is 0.249 e. The van der Waals surface area contributed by atoms with Crippen molar-refractivity contribution in [2.45, 2.75) is 39.3 Å². The fourth-order valence-electron chi connectivity index (χ4n) is 2.02. The van der Waals surface area contributed by atoms with E-state index in [-0.39, 0.29) is 30.3 Å². The number of aromatic nitrogens is 3. The second kappa shape index (κ2) is 7.13. The van der Waals surface area contributed by atoms with Gasteiger partial charge in [-0.25, -0.2) is 0 Å². The quantitative estimate of drug-likeness (QED) is 0.840. The van der Waals surface area contributed by atoms with Crippen molar-refractivity contribution in [2.24, 2.45) is 11.7 Å². The molecule has 2 aromatic heterocycles. The number of hydrogen-bond donors (Lipinski definition) is 2. The summed E-state index contributed by atoms with van der Waals surface area (Å²) in [6, 6.07) is 3.07. The van der Waals surface area contributed by atoms with Crippen molar-refractivity contribution in [3.8, 4) is 11.4 Å². The van der Waals surface area contributed by atoms with Gasteiger partial charge >= 0.3 is 0 Å². The van der Waals surface area contributed by atoms with E-state index in [9.17, 15) is 4.79 Å². The number of amides is 1. The summed E-state index contributed by atoms with van der Waals surface area (Å²) in [4.78, 5) is 20.3. The van der Waals surface area contributed by atoms with Crippen molar-refractivity contribution in [1.29, 1.82) is 0 Å². The summed E-state index contributed by atoms with van der Waals surface area (Å²) >= 11 is 0. The number of carbonyl (C=O) groups is 1. The molecule has 0 aliphatic rings. The van der Waals surface area contributed by atoms with Crippen molar-refractivity contribution < 1.29 is 9.32 Å². The van der Waals surface area contributed by atoms with Gasteiger partial charge in [-0.3, -0.25) is 9.78 Å². The van der Waals surface area contributed by atoms with Gasteiger partial charge < -0.3 is 15.6 Å². The van der Waals surface area contributed by atoms with Crippen LogP contribution in [-0.4, -0.2) is 27.1 Å². The SMILES string of the molecule is CC(N)CC(=O)NC(c1nc(-c2ccncc2)no1)C(C)C. The van der Waals surface area contributed by atoms with Gasteiger partial charge in [-0.05, 0) is 25.0 Å². The average molecular weight is 303 g/mol. The maximum atomic E-state index is 11.9. The number of nitrogens with one attached hydrogen (secondary N) is 1. The Labute approximate surface area is 129 Å². The first-order valence-electron chi connectivity index (χ1n) is 7.26. The molecular formula is C15H21N5O2. The zero-order chi connectivity index (χ0) is 16.1. The predicted octanol–water partition coefficient (Wildman–Crippen LogP) is 1.68. The number of hydrogen-bond acceptors (Lipinski definition) is 6. The van der Waals surface area contributed by atoms with E-state index in [2.05, 4.69) is 20.4 Å². The van der Waals surface area contributed by atoms with Crippen LogP contribution in [0.1, 0.15) is 39.1 Å². The summed E-state index contributed by atoms with van der Waals surface area (Å²) < 4.78 is 5.32. The maximum absolute atomic E-state index is 11.9. The second-order valence-corrected chi connectivity index (χ2v) is 5.66. The fraction of sp³-hybridized carbons (Fsp3) is 0.467. The van der Waals surface area contributed by atoms with Gasteiger partial charge in [0.25, 0.3) is 0 Å². The van der Waals surface area contributed by atoms with Gasteiger partial charge in [0.15, 0.2) is 0 Å². The normalized spacial score (nSPS) is 13.9. The van der Waals surface area contributed by atoms with Gasteiger partial charge in [0, 0.05) is 30.4 Å². The Bertz CT molecular complexity index is 609. The van der Waals surface area contributed by atoms with Crippen LogP contribution in [0.3, 0.4) is 0 Å². The molecule has 0 bridgehead atoms. The summed E-state index contributed by atoms with van der Waals surface area (Å²) in [5.74, 6) is 0.851. The van der Waals surface area contributed by atoms with Gasteiger partial charge in [0.1, 0.15) is 6.04 Å². The number of pyridine rings is 1. The highest BCUT2D eigenvalue weighted by Gasteiger charge is 2.25. The Morgan fingerprint density at radius 3 is 2.59 bits per heavy atom. The first kappa shape index (κ1) is 16.1. The van der Waals surface area contributed by atoms with Crippen LogP contribution in [0, 0.1) is 5.92 Å². The zero-order valence-corrected chi connectivity index (χ0v) is 13.0. The molecule has 0 fully saturated rings. The summed E-state index contributed by atoms with van der Waals surface area (Å²) in [7, 11) is 0. The van der Waals surface area contributed by atoms with Crippen LogP contribution in [0.5, 0.6) is 0 Å². The van der Waals surface area contributed by atoms with Crippen LogP contribution in [0.4, 0.5) is 0 Å². The molecule has 0 aliphatic heterocycles. The standard InChI is InChI=1S/C15H21N5O2/c1-9(2)13(18-12(21)8-10(3)16)15-19-14(20-22-15)11-4-6-17-7-5-11/h4-7,9-10,13H,8,16H2,1-3H3,(H,18,21). The average Bonchev–Trinajstić information content (AvgIpc) is 2.94. The van der Waals surface area contributed by atoms with Crippen LogP contribution in [0.15, 0.2) is 29.0 Å². The molecule has 7 nitrogen and oxygen atoms in total. The van der Waals surface area contributed by atoms with E-state index in [1.165, 1.54) is 0 Å². The topological polar surface area (TPSA) is 107 Å². The minimum atomic E-state index is -0.339. The summed E-state index contributed by atoms with van der Waals surface area (Å²) in [5, 5.41) is 6.87. The van der Waals surface area contributed by atoms with Gasteiger partial charge in [-0.1, -0.05) is 19.0 Å². The number of nitrogens with zero attached hydrogens (tertiary/aromatic N) is 3. The molecule has 0 aromatic carbocycles. The fourth-order valence-corrected chi connectivity index (χ4v) is 2.02. The van der Waals surface area contributed by atoms with Crippen LogP contribution >= 0.6 is 0 Å². The predicted molar refractivity (Wildman–Crippen MR) is 81.5 cm³/mol. The molecule has 3 N–H and O–H groups in total. The molecule has 7 heteroatoms. The molecule has 1 amide bonds. The Hall–Kier alpha value is -2.28. The molecule has 2 atom stereocenters. The van der Waals surface area contributed by atoms with Crippen molar-refractivity contribution in [2.75, 3.05) is 0 Å². The summed E-state index contributed by atoms with van der Waals surface area (Å²) in [6.45, 7) is 5.75. The number of carbonyl (C=O) groups excluding carboxylic acids is 1. The highest BCUT2D eigenvalue weighted by atomic mass is 16.5. The van der Waals surface area contributed by atoms with Gasteiger partial charge in [-0.2, -0.15) is 4.98 Å². The zero-order valence-electron chi connectivity index (χ0n) is 13.0. The second-order valence-electron chi connectivity index (χ2n) is 5.66. The van der Waals surface area contributed by atoms with Crippen molar-refractivity contribution in [3.63, 3.8) is 0 Å². The third-order valence-corrected chi connectivity index (χ3v) is 3.14. The van der Waals surface area contributed by atoms with E-state index < -0.39 is 0 Å². The molecule has 0 spiro atoms. The van der Waals surface area contributed by atoms with Crippen LogP contribution in [-0.2, 0) is 4.79 Å². The molecule has 2 rings (SSSR count). The largest absolute Gasteiger partial charge is 0.344 e. The molecule has 2 unspecified atom stereocenters. The van der Waals surface area contributed by atoms with Gasteiger partial charge in [0.05, 0.1) is 0 Å². The van der Waals surface area contributed by atoms with E-state index in [4.69, 9.17) is 10.3 Å². The minimum absolute atomic E-state index is 0.114. The lowest BCUT2D eigenvalue weighted by Gasteiger charge is -2.19. The van der Waals surface area contributed by atoms with E-state index in [1.54, 1.807) is 31.5 Å². The molecule has 2 heterocycles. The van der Waals surface area contributed by atoms with Crippen LogP contribution < -0.4 is 11.1 Å². The van der Waals surface area contributed by atoms with Crippen LogP contribution in [0.2, 0.25) is 0 Å². The highest BCUT2D eigenvalue weighted by molar-refractivity contribution is 5.76. The summed E-state index contributed by atoms with van der Waals surface area (Å²) in [6.07, 6.45) is 3.58. The molecule has 2 aromatic rings. The Kier molecular flexibility index (Phi) is 5.21. The summed E-state index contributed by atoms with van der Waals surface area (Å²) in [5.41, 5.74) is 6.46. The first-order chi connectivity index (χ1) is 10.5. The van der Waals surface area contributed by atoms with E-state index in [1.807, 2.05) is 13.8 Å². The molecule has 0 aliphatic carbocycles. The lowest BCUT2D eigenvalue weighted by atomic mass is 10.0. The molecule has 0 radical (unpaired) electrons. The molecular weight excluding hydrogens is 282 g/mol. The Balaban J connectivity index is 2.16. The van der Waals surface area contributed by atoms with E-state index in [0.29, 0.717) is 11.7 Å². The van der Waals surface area contributed by atoms with Crippen molar-refractivity contribution in [1.82, 2.24) is 20.4 Å². The molecule has 0 saturated carbocycles. The van der Waals surface area contributed by atoms with E-state index >= 15 is 0 Å². The highest BCUT2D eigenvalue weighted by Crippen LogP contribution is 2.23. The Morgan fingerprint density at radius 1 is 1.32 bits per heavy atom. The minimum Gasteiger partial charge on any atom is -0.344 e. The van der Waals surface area contributed by atoms with Crippen molar-refractivity contribution in [3.05, 3.63) is 30.4 Å². The number of rotatable bonds is 6. The molecule has 22 heavy (non-hydrogen) atoms. The van der Waals surface area contributed by atoms with Crippen molar-refractivity contribution >= 4 is 5.91 Å². The third kappa shape index (κ3) is 4.11.